The van der Waals surface area contributed by atoms with E-state index in [9.17, 15) is 5.26 Å². The molecule has 4 rings (SSSR count). The molecule has 2 aliphatic carbocycles. The Hall–Kier alpha value is -2.90. The van der Waals surface area contributed by atoms with Crippen molar-refractivity contribution in [3.63, 3.8) is 0 Å². The fourth-order valence-electron chi connectivity index (χ4n) is 4.73. The van der Waals surface area contributed by atoms with Crippen LogP contribution in [0, 0.1) is 34.0 Å². The molecule has 0 amide bonds. The molecule has 0 atom stereocenters. The molecule has 0 radical (unpaired) electrons. The average Bonchev–Trinajstić information content (AvgIpc) is 3.08. The molecular formula is C19H18ClN7. The second-order valence-electron chi connectivity index (χ2n) is 7.61. The van der Waals surface area contributed by atoms with Crippen molar-refractivity contribution in [2.45, 2.75) is 37.6 Å². The Morgan fingerprint density at radius 3 is 2.78 bits per heavy atom. The summed E-state index contributed by atoms with van der Waals surface area (Å²) in [4.78, 5) is 8.63. The normalized spacial score (nSPS) is 29.1. The van der Waals surface area contributed by atoms with E-state index in [1.807, 2.05) is 10.9 Å². The molecule has 2 aromatic rings. The van der Waals surface area contributed by atoms with Crippen LogP contribution in [0.5, 0.6) is 0 Å². The Bertz CT molecular complexity index is 980. The molecule has 27 heavy (non-hydrogen) atoms. The molecule has 2 heterocycles. The van der Waals surface area contributed by atoms with Gasteiger partial charge in [-0.2, -0.15) is 15.6 Å². The summed E-state index contributed by atoms with van der Waals surface area (Å²) in [6.45, 7) is 0. The lowest BCUT2D eigenvalue weighted by atomic mass is 9.45. The van der Waals surface area contributed by atoms with Crippen molar-refractivity contribution in [1.29, 1.82) is 10.5 Å². The van der Waals surface area contributed by atoms with Gasteiger partial charge in [-0.1, -0.05) is 11.6 Å². The predicted octanol–water partition coefficient (Wildman–Crippen LogP) is 3.25. The van der Waals surface area contributed by atoms with Crippen LogP contribution >= 0.6 is 11.6 Å². The molecule has 0 aromatic carbocycles. The number of halogens is 1. The van der Waals surface area contributed by atoms with Gasteiger partial charge >= 0.3 is 0 Å². The molecule has 2 aromatic heterocycles. The Morgan fingerprint density at radius 2 is 2.11 bits per heavy atom. The summed E-state index contributed by atoms with van der Waals surface area (Å²) in [6, 6.07) is 4.65. The molecular weight excluding hydrogens is 362 g/mol. The molecule has 0 aliphatic heterocycles. The summed E-state index contributed by atoms with van der Waals surface area (Å²) in [7, 11) is 0. The first-order chi connectivity index (χ1) is 13.0. The average molecular weight is 380 g/mol. The molecule has 8 heteroatoms. The SMILES string of the molecule is N#CCC1(n2cc(-c3nc(Cl)cnc3/C=C\N)cn2)CC2(CC(C#N)C2)C1. The molecule has 2 saturated carbocycles. The van der Waals surface area contributed by atoms with Crippen molar-refractivity contribution in [1.82, 2.24) is 19.7 Å². The molecule has 2 fully saturated rings. The van der Waals surface area contributed by atoms with E-state index in [0.29, 0.717) is 23.0 Å². The largest absolute Gasteiger partial charge is 0.405 e. The van der Waals surface area contributed by atoms with E-state index in [0.717, 1.165) is 31.2 Å². The smallest absolute Gasteiger partial charge is 0.148 e. The number of nitrogens with zero attached hydrogens (tertiary/aromatic N) is 6. The maximum absolute atomic E-state index is 9.36. The van der Waals surface area contributed by atoms with E-state index in [1.165, 1.54) is 12.4 Å². The molecule has 0 unspecified atom stereocenters. The van der Waals surface area contributed by atoms with Crippen LogP contribution in [0.25, 0.3) is 17.3 Å². The molecule has 0 bridgehead atoms. The number of aromatic nitrogens is 4. The van der Waals surface area contributed by atoms with E-state index >= 15 is 0 Å². The summed E-state index contributed by atoms with van der Waals surface area (Å²) in [5.41, 5.74) is 7.38. The van der Waals surface area contributed by atoms with Gasteiger partial charge in [0.2, 0.25) is 0 Å². The van der Waals surface area contributed by atoms with Crippen molar-refractivity contribution < 1.29 is 0 Å². The van der Waals surface area contributed by atoms with Gasteiger partial charge in [0, 0.05) is 17.7 Å². The van der Waals surface area contributed by atoms with E-state index in [2.05, 4.69) is 27.2 Å². The van der Waals surface area contributed by atoms with Gasteiger partial charge in [0.25, 0.3) is 0 Å². The van der Waals surface area contributed by atoms with Crippen LogP contribution in [0.2, 0.25) is 5.15 Å². The number of hydrogen-bond acceptors (Lipinski definition) is 6. The Kier molecular flexibility index (Phi) is 4.13. The first-order valence-corrected chi connectivity index (χ1v) is 9.14. The van der Waals surface area contributed by atoms with Crippen LogP contribution in [-0.2, 0) is 5.54 Å². The fourth-order valence-corrected chi connectivity index (χ4v) is 4.87. The van der Waals surface area contributed by atoms with Crippen LogP contribution in [-0.4, -0.2) is 19.7 Å². The number of rotatable bonds is 4. The lowest BCUT2D eigenvalue weighted by Gasteiger charge is -2.61. The van der Waals surface area contributed by atoms with Crippen LogP contribution in [0.4, 0.5) is 0 Å². The van der Waals surface area contributed by atoms with Gasteiger partial charge in [-0.15, -0.1) is 0 Å². The minimum Gasteiger partial charge on any atom is -0.405 e. The lowest BCUT2D eigenvalue weighted by molar-refractivity contribution is -0.108. The lowest BCUT2D eigenvalue weighted by Crippen LogP contribution is -2.58. The highest BCUT2D eigenvalue weighted by Crippen LogP contribution is 2.66. The maximum Gasteiger partial charge on any atom is 0.148 e. The topological polar surface area (TPSA) is 117 Å². The predicted molar refractivity (Wildman–Crippen MR) is 99.7 cm³/mol. The third kappa shape index (κ3) is 2.85. The van der Waals surface area contributed by atoms with Crippen molar-refractivity contribution in [2.24, 2.45) is 17.1 Å². The van der Waals surface area contributed by atoms with E-state index in [1.54, 1.807) is 12.3 Å². The van der Waals surface area contributed by atoms with Crippen molar-refractivity contribution in [2.75, 3.05) is 0 Å². The second kappa shape index (κ2) is 6.37. The molecule has 2 N–H and O–H groups in total. The Balaban J connectivity index is 1.64. The zero-order valence-corrected chi connectivity index (χ0v) is 15.4. The van der Waals surface area contributed by atoms with Gasteiger partial charge < -0.3 is 5.73 Å². The zero-order chi connectivity index (χ0) is 19.1. The van der Waals surface area contributed by atoms with Gasteiger partial charge in [0.05, 0.1) is 42.2 Å². The fraction of sp³-hybridized carbons (Fsp3) is 0.421. The number of hydrogen-bond donors (Lipinski definition) is 1. The third-order valence-electron chi connectivity index (χ3n) is 5.73. The summed E-state index contributed by atoms with van der Waals surface area (Å²) < 4.78 is 1.88. The highest BCUT2D eigenvalue weighted by molar-refractivity contribution is 6.29. The summed E-state index contributed by atoms with van der Waals surface area (Å²) in [6.07, 6.45) is 12.2. The monoisotopic (exact) mass is 379 g/mol. The Morgan fingerprint density at radius 1 is 1.33 bits per heavy atom. The van der Waals surface area contributed by atoms with E-state index in [4.69, 9.17) is 22.6 Å². The van der Waals surface area contributed by atoms with E-state index in [-0.39, 0.29) is 16.9 Å². The van der Waals surface area contributed by atoms with Gasteiger partial charge in [-0.25, -0.2) is 4.98 Å². The van der Waals surface area contributed by atoms with Crippen molar-refractivity contribution in [3.05, 3.63) is 35.6 Å². The standard InChI is InChI=1S/C19H18ClN7/c20-16-9-24-15(1-3-21)17(26-16)14-8-25-27(10-14)19(2-4-22)11-18(12-19)5-13(6-18)7-23/h1,3,8-10,13H,2,5-6,11-12,21H2/b3-1-. The van der Waals surface area contributed by atoms with Gasteiger partial charge in [-0.05, 0) is 43.4 Å². The first kappa shape index (κ1) is 17.5. The second-order valence-corrected chi connectivity index (χ2v) is 7.99. The van der Waals surface area contributed by atoms with E-state index < -0.39 is 0 Å². The molecule has 136 valence electrons. The minimum atomic E-state index is -0.316. The van der Waals surface area contributed by atoms with Crippen LogP contribution in [0.3, 0.4) is 0 Å². The Labute approximate surface area is 162 Å². The molecule has 2 aliphatic rings. The third-order valence-corrected chi connectivity index (χ3v) is 5.91. The zero-order valence-electron chi connectivity index (χ0n) is 14.6. The summed E-state index contributed by atoms with van der Waals surface area (Å²) >= 11 is 6.02. The van der Waals surface area contributed by atoms with Crippen LogP contribution < -0.4 is 5.73 Å². The minimum absolute atomic E-state index is 0.158. The number of nitrogens with two attached hydrogens (primary N) is 1. The number of nitriles is 2. The highest BCUT2D eigenvalue weighted by Gasteiger charge is 2.61. The van der Waals surface area contributed by atoms with Crippen molar-refractivity contribution >= 4 is 17.7 Å². The highest BCUT2D eigenvalue weighted by atomic mass is 35.5. The first-order valence-electron chi connectivity index (χ1n) is 8.76. The van der Waals surface area contributed by atoms with Crippen LogP contribution in [0.1, 0.15) is 37.8 Å². The molecule has 1 spiro atoms. The quantitative estimate of drug-likeness (QED) is 0.871. The maximum atomic E-state index is 9.36. The summed E-state index contributed by atoms with van der Waals surface area (Å²) in [5, 5.41) is 23.2. The molecule has 0 saturated heterocycles. The van der Waals surface area contributed by atoms with Crippen molar-refractivity contribution in [3.8, 4) is 23.4 Å². The molecule has 7 nitrogen and oxygen atoms in total. The van der Waals surface area contributed by atoms with Gasteiger partial charge in [0.1, 0.15) is 10.8 Å². The van der Waals surface area contributed by atoms with Crippen LogP contribution in [0.15, 0.2) is 24.8 Å². The van der Waals surface area contributed by atoms with Gasteiger partial charge in [-0.3, -0.25) is 9.67 Å². The van der Waals surface area contributed by atoms with Gasteiger partial charge in [0.15, 0.2) is 0 Å². The summed E-state index contributed by atoms with van der Waals surface area (Å²) in [5.74, 6) is 0.158.